The summed E-state index contributed by atoms with van der Waals surface area (Å²) in [5.41, 5.74) is 0. The van der Waals surface area contributed by atoms with Gasteiger partial charge in [-0.1, -0.05) is 0 Å². The predicted octanol–water partition coefficient (Wildman–Crippen LogP) is 3.84. The molecule has 0 aliphatic heterocycles. The van der Waals surface area contributed by atoms with Crippen LogP contribution in [0.4, 0.5) is 0 Å². The average molecular weight is 294 g/mol. The van der Waals surface area contributed by atoms with Crippen LogP contribution in [0.5, 0.6) is 0 Å². The fraction of sp³-hybridized carbons (Fsp3) is 0. The fourth-order valence-electron chi connectivity index (χ4n) is 0.970. The van der Waals surface area contributed by atoms with Crippen LogP contribution in [0.25, 0.3) is 0 Å². The maximum absolute atomic E-state index is 8.65. The molecule has 0 unspecified atom stereocenters. The van der Waals surface area contributed by atoms with Gasteiger partial charge in [-0.3, -0.25) is 0 Å². The molecular formula is C11H4BrNS2. The lowest BCUT2D eigenvalue weighted by molar-refractivity contribution is 1.52. The van der Waals surface area contributed by atoms with Gasteiger partial charge in [0.15, 0.2) is 0 Å². The molecule has 2 aromatic rings. The fourth-order valence-corrected chi connectivity index (χ4v) is 2.87. The van der Waals surface area contributed by atoms with E-state index >= 15 is 0 Å². The van der Waals surface area contributed by atoms with E-state index < -0.39 is 0 Å². The quantitative estimate of drug-likeness (QED) is 0.677. The molecule has 0 N–H and O–H groups in total. The van der Waals surface area contributed by atoms with Crippen molar-refractivity contribution in [2.24, 2.45) is 0 Å². The molecule has 15 heavy (non-hydrogen) atoms. The van der Waals surface area contributed by atoms with Crippen molar-refractivity contribution < 1.29 is 0 Å². The largest absolute Gasteiger partial charge is 0.192 e. The molecule has 2 heterocycles. The topological polar surface area (TPSA) is 23.8 Å². The number of hydrogen-bond donors (Lipinski definition) is 0. The van der Waals surface area contributed by atoms with Crippen molar-refractivity contribution in [2.45, 2.75) is 0 Å². The molecule has 0 saturated heterocycles. The monoisotopic (exact) mass is 293 g/mol. The average Bonchev–Trinajstić information content (AvgIpc) is 2.83. The summed E-state index contributed by atoms with van der Waals surface area (Å²) in [7, 11) is 0. The van der Waals surface area contributed by atoms with Gasteiger partial charge >= 0.3 is 0 Å². The summed E-state index contributed by atoms with van der Waals surface area (Å²) in [6, 6.07) is 9.71. The van der Waals surface area contributed by atoms with Crippen LogP contribution in [-0.2, 0) is 0 Å². The van der Waals surface area contributed by atoms with Crippen molar-refractivity contribution in [3.63, 3.8) is 0 Å². The van der Waals surface area contributed by atoms with E-state index in [0.717, 1.165) is 13.5 Å². The molecule has 1 nitrogen and oxygen atoms in total. The molecule has 0 aromatic carbocycles. The molecule has 0 spiro atoms. The molecule has 2 rings (SSSR count). The molecule has 72 valence electrons. The maximum atomic E-state index is 8.65. The predicted molar refractivity (Wildman–Crippen MR) is 67.0 cm³/mol. The number of halogens is 1. The van der Waals surface area contributed by atoms with Crippen molar-refractivity contribution >= 4 is 38.6 Å². The Morgan fingerprint density at radius 2 is 1.53 bits per heavy atom. The first-order valence-corrected chi connectivity index (χ1v) is 6.48. The van der Waals surface area contributed by atoms with Crippen LogP contribution < -0.4 is 0 Å². The first-order valence-electron chi connectivity index (χ1n) is 4.05. The lowest BCUT2D eigenvalue weighted by atomic mass is 10.4. The van der Waals surface area contributed by atoms with E-state index in [4.69, 9.17) is 5.26 Å². The summed E-state index contributed by atoms with van der Waals surface area (Å²) in [5, 5.41) is 8.65. The van der Waals surface area contributed by atoms with Crippen LogP contribution in [0.2, 0.25) is 0 Å². The molecule has 0 radical (unpaired) electrons. The van der Waals surface area contributed by atoms with E-state index in [1.54, 1.807) is 17.4 Å². The summed E-state index contributed by atoms with van der Waals surface area (Å²) in [6.07, 6.45) is 0. The minimum Gasteiger partial charge on any atom is -0.192 e. The van der Waals surface area contributed by atoms with Crippen LogP contribution in [0.15, 0.2) is 28.1 Å². The lowest BCUT2D eigenvalue weighted by Crippen LogP contribution is -1.61. The van der Waals surface area contributed by atoms with E-state index in [9.17, 15) is 0 Å². The zero-order valence-electron chi connectivity index (χ0n) is 7.45. The number of nitriles is 1. The van der Waals surface area contributed by atoms with Gasteiger partial charge in [-0.15, -0.1) is 22.7 Å². The van der Waals surface area contributed by atoms with Gasteiger partial charge in [-0.05, 0) is 52.0 Å². The molecule has 0 aliphatic carbocycles. The summed E-state index contributed by atoms with van der Waals surface area (Å²) in [4.78, 5) is 2.65. The summed E-state index contributed by atoms with van der Waals surface area (Å²) in [6.45, 7) is 0. The van der Waals surface area contributed by atoms with Gasteiger partial charge in [0.1, 0.15) is 10.9 Å². The highest BCUT2D eigenvalue weighted by Gasteiger charge is 1.95. The van der Waals surface area contributed by atoms with Crippen molar-refractivity contribution in [2.75, 3.05) is 0 Å². The van der Waals surface area contributed by atoms with Gasteiger partial charge in [0, 0.05) is 0 Å². The van der Waals surface area contributed by atoms with Crippen molar-refractivity contribution in [1.29, 1.82) is 5.26 Å². The van der Waals surface area contributed by atoms with Crippen LogP contribution in [0, 0.1) is 23.2 Å². The van der Waals surface area contributed by atoms with E-state index in [0.29, 0.717) is 4.88 Å². The lowest BCUT2D eigenvalue weighted by Gasteiger charge is -1.77. The minimum atomic E-state index is 0.701. The summed E-state index contributed by atoms with van der Waals surface area (Å²) in [5.74, 6) is 6.09. The molecular weight excluding hydrogens is 290 g/mol. The second-order valence-corrected chi connectivity index (χ2v) is 6.18. The minimum absolute atomic E-state index is 0.701. The Hall–Kier alpha value is -1.07. The molecule has 0 saturated carbocycles. The van der Waals surface area contributed by atoms with Crippen molar-refractivity contribution in [3.8, 4) is 17.9 Å². The zero-order valence-corrected chi connectivity index (χ0v) is 10.7. The van der Waals surface area contributed by atoms with Crippen LogP contribution in [-0.4, -0.2) is 0 Å². The van der Waals surface area contributed by atoms with Gasteiger partial charge in [0.25, 0.3) is 0 Å². The molecule has 0 amide bonds. The van der Waals surface area contributed by atoms with Gasteiger partial charge in [-0.25, -0.2) is 0 Å². The second kappa shape index (κ2) is 4.63. The SMILES string of the molecule is N#Cc1ccc(C#Cc2ccc(Br)s2)s1. The van der Waals surface area contributed by atoms with E-state index in [2.05, 4.69) is 33.8 Å². The Morgan fingerprint density at radius 1 is 0.933 bits per heavy atom. The van der Waals surface area contributed by atoms with Gasteiger partial charge in [0.05, 0.1) is 13.5 Å². The number of thiophene rings is 2. The van der Waals surface area contributed by atoms with E-state index in [1.807, 2.05) is 18.2 Å². The first kappa shape index (κ1) is 10.4. The van der Waals surface area contributed by atoms with E-state index in [1.165, 1.54) is 11.3 Å². The van der Waals surface area contributed by atoms with Gasteiger partial charge in [0.2, 0.25) is 0 Å². The number of nitrogens with zero attached hydrogens (tertiary/aromatic N) is 1. The summed E-state index contributed by atoms with van der Waals surface area (Å²) < 4.78 is 1.08. The van der Waals surface area contributed by atoms with Crippen molar-refractivity contribution in [3.05, 3.63) is 42.7 Å². The first-order chi connectivity index (χ1) is 7.28. The summed E-state index contributed by atoms with van der Waals surface area (Å²) >= 11 is 6.40. The molecule has 0 atom stereocenters. The highest BCUT2D eigenvalue weighted by Crippen LogP contribution is 2.21. The Kier molecular flexibility index (Phi) is 3.23. The molecule has 2 aromatic heterocycles. The third-order valence-corrected chi connectivity index (χ3v) is 4.04. The molecule has 0 fully saturated rings. The second-order valence-electron chi connectivity index (χ2n) is 2.63. The number of rotatable bonds is 0. The molecule has 0 bridgehead atoms. The van der Waals surface area contributed by atoms with Crippen molar-refractivity contribution in [1.82, 2.24) is 0 Å². The van der Waals surface area contributed by atoms with Gasteiger partial charge < -0.3 is 0 Å². The normalized spacial score (nSPS) is 9.07. The molecule has 4 heteroatoms. The van der Waals surface area contributed by atoms with Crippen LogP contribution >= 0.6 is 38.6 Å². The zero-order chi connectivity index (χ0) is 10.7. The van der Waals surface area contributed by atoms with Crippen LogP contribution in [0.3, 0.4) is 0 Å². The Balaban J connectivity index is 2.22. The van der Waals surface area contributed by atoms with Gasteiger partial charge in [-0.2, -0.15) is 5.26 Å². The maximum Gasteiger partial charge on any atom is 0.110 e. The Morgan fingerprint density at radius 3 is 2.07 bits per heavy atom. The molecule has 0 aliphatic rings. The smallest absolute Gasteiger partial charge is 0.110 e. The number of hydrogen-bond acceptors (Lipinski definition) is 3. The Bertz CT molecular complexity index is 577. The van der Waals surface area contributed by atoms with Crippen LogP contribution in [0.1, 0.15) is 14.6 Å². The third-order valence-electron chi connectivity index (χ3n) is 1.60. The van der Waals surface area contributed by atoms with E-state index in [-0.39, 0.29) is 0 Å². The third kappa shape index (κ3) is 2.70. The standard InChI is InChI=1S/C11H4BrNS2/c12-11-6-5-9(15-11)2-1-8-3-4-10(7-13)14-8/h3-6H. The highest BCUT2D eigenvalue weighted by molar-refractivity contribution is 9.11. The Labute approximate surface area is 104 Å². The highest BCUT2D eigenvalue weighted by atomic mass is 79.9.